The van der Waals surface area contributed by atoms with Crippen LogP contribution in [0.25, 0.3) is 10.8 Å². The zero-order chi connectivity index (χ0) is 12.5. The van der Waals surface area contributed by atoms with Crippen LogP contribution < -0.4 is 20.5 Å². The minimum Gasteiger partial charge on any atom is -0.454 e. The molecule has 3 N–H and O–H groups in total. The first kappa shape index (κ1) is 11.1. The van der Waals surface area contributed by atoms with Crippen molar-refractivity contribution in [3.05, 3.63) is 24.4 Å². The highest BCUT2D eigenvalue weighted by atomic mass is 16.7. The maximum absolute atomic E-state index is 5.62. The van der Waals surface area contributed by atoms with Crippen LogP contribution >= 0.6 is 0 Å². The number of rotatable bonds is 3. The Morgan fingerprint density at radius 1 is 1.39 bits per heavy atom. The van der Waals surface area contributed by atoms with Crippen LogP contribution in [0.15, 0.2) is 24.4 Å². The third-order valence-corrected chi connectivity index (χ3v) is 2.99. The van der Waals surface area contributed by atoms with E-state index in [-0.39, 0.29) is 12.8 Å². The molecule has 94 valence electrons. The molecular formula is C13H15N3O2. The molecule has 1 unspecified atom stereocenters. The molecule has 5 nitrogen and oxygen atoms in total. The van der Waals surface area contributed by atoms with E-state index in [4.69, 9.17) is 15.2 Å². The first-order chi connectivity index (χ1) is 8.78. The van der Waals surface area contributed by atoms with Crippen molar-refractivity contribution in [3.63, 3.8) is 0 Å². The fourth-order valence-electron chi connectivity index (χ4n) is 1.97. The Morgan fingerprint density at radius 2 is 2.17 bits per heavy atom. The molecule has 1 aromatic heterocycles. The quantitative estimate of drug-likeness (QED) is 0.861. The second kappa shape index (κ2) is 4.34. The van der Waals surface area contributed by atoms with Crippen molar-refractivity contribution in [1.29, 1.82) is 0 Å². The minimum atomic E-state index is 0.175. The Labute approximate surface area is 105 Å². The monoisotopic (exact) mass is 245 g/mol. The van der Waals surface area contributed by atoms with E-state index in [1.165, 1.54) is 0 Å². The number of ether oxygens (including phenoxy) is 2. The van der Waals surface area contributed by atoms with Gasteiger partial charge in [0, 0.05) is 24.2 Å². The number of nitrogens with one attached hydrogen (secondary N) is 1. The third-order valence-electron chi connectivity index (χ3n) is 2.99. The van der Waals surface area contributed by atoms with Gasteiger partial charge < -0.3 is 20.5 Å². The predicted molar refractivity (Wildman–Crippen MR) is 70.0 cm³/mol. The molecule has 0 amide bonds. The Balaban J connectivity index is 2.09. The van der Waals surface area contributed by atoms with Crippen molar-refractivity contribution in [1.82, 2.24) is 4.98 Å². The van der Waals surface area contributed by atoms with Gasteiger partial charge in [0.05, 0.1) is 0 Å². The summed E-state index contributed by atoms with van der Waals surface area (Å²) >= 11 is 0. The van der Waals surface area contributed by atoms with E-state index < -0.39 is 0 Å². The van der Waals surface area contributed by atoms with E-state index >= 15 is 0 Å². The van der Waals surface area contributed by atoms with Crippen molar-refractivity contribution in [2.75, 3.05) is 18.7 Å². The Bertz CT molecular complexity index is 586. The second-order valence-corrected chi connectivity index (χ2v) is 4.37. The summed E-state index contributed by atoms with van der Waals surface area (Å²) in [5.74, 6) is 2.37. The topological polar surface area (TPSA) is 69.4 Å². The van der Waals surface area contributed by atoms with Crippen LogP contribution in [0.5, 0.6) is 11.5 Å². The van der Waals surface area contributed by atoms with E-state index in [0.717, 1.165) is 28.1 Å². The van der Waals surface area contributed by atoms with E-state index in [1.54, 1.807) is 6.20 Å². The van der Waals surface area contributed by atoms with Crippen molar-refractivity contribution < 1.29 is 9.47 Å². The fraction of sp³-hybridized carbons (Fsp3) is 0.308. The van der Waals surface area contributed by atoms with Crippen LogP contribution in [-0.4, -0.2) is 24.4 Å². The summed E-state index contributed by atoms with van der Waals surface area (Å²) < 4.78 is 10.8. The molecule has 0 saturated carbocycles. The van der Waals surface area contributed by atoms with Gasteiger partial charge in [-0.25, -0.2) is 4.98 Å². The number of anilines is 1. The van der Waals surface area contributed by atoms with Crippen LogP contribution in [-0.2, 0) is 0 Å². The van der Waals surface area contributed by atoms with Crippen molar-refractivity contribution >= 4 is 16.6 Å². The van der Waals surface area contributed by atoms with Crippen LogP contribution in [0.1, 0.15) is 6.92 Å². The molecular weight excluding hydrogens is 230 g/mol. The smallest absolute Gasteiger partial charge is 0.231 e. The lowest BCUT2D eigenvalue weighted by Gasteiger charge is -2.14. The minimum absolute atomic E-state index is 0.175. The predicted octanol–water partition coefficient (Wildman–Crippen LogP) is 1.72. The molecule has 0 bridgehead atoms. The molecule has 1 aromatic carbocycles. The molecule has 1 aliphatic rings. The highest BCUT2D eigenvalue weighted by Gasteiger charge is 2.16. The number of nitrogens with zero attached hydrogens (tertiary/aromatic N) is 1. The van der Waals surface area contributed by atoms with E-state index in [1.807, 2.05) is 25.1 Å². The van der Waals surface area contributed by atoms with Gasteiger partial charge >= 0.3 is 0 Å². The first-order valence-electron chi connectivity index (χ1n) is 5.93. The summed E-state index contributed by atoms with van der Waals surface area (Å²) in [6, 6.07) is 6.05. The molecule has 18 heavy (non-hydrogen) atoms. The molecule has 2 heterocycles. The molecule has 3 rings (SSSR count). The maximum Gasteiger partial charge on any atom is 0.231 e. The first-order valence-corrected chi connectivity index (χ1v) is 5.93. The zero-order valence-electron chi connectivity index (χ0n) is 10.1. The van der Waals surface area contributed by atoms with Gasteiger partial charge in [-0.15, -0.1) is 0 Å². The summed E-state index contributed by atoms with van der Waals surface area (Å²) in [6.45, 7) is 2.86. The lowest BCUT2D eigenvalue weighted by atomic mass is 10.1. The van der Waals surface area contributed by atoms with E-state index in [2.05, 4.69) is 10.3 Å². The van der Waals surface area contributed by atoms with Crippen LogP contribution in [0, 0.1) is 0 Å². The molecule has 2 aromatic rings. The molecule has 0 saturated heterocycles. The highest BCUT2D eigenvalue weighted by molar-refractivity contribution is 5.94. The summed E-state index contributed by atoms with van der Waals surface area (Å²) in [4.78, 5) is 4.36. The van der Waals surface area contributed by atoms with E-state index in [0.29, 0.717) is 6.54 Å². The highest BCUT2D eigenvalue weighted by Crippen LogP contribution is 2.37. The number of hydrogen-bond acceptors (Lipinski definition) is 5. The van der Waals surface area contributed by atoms with Crippen LogP contribution in [0.2, 0.25) is 0 Å². The third kappa shape index (κ3) is 1.82. The van der Waals surface area contributed by atoms with Gasteiger partial charge in [-0.1, -0.05) is 0 Å². The lowest BCUT2D eigenvalue weighted by molar-refractivity contribution is 0.174. The maximum atomic E-state index is 5.62. The Hall–Kier alpha value is -2.01. The van der Waals surface area contributed by atoms with Gasteiger partial charge in [-0.05, 0) is 30.5 Å². The molecule has 0 spiro atoms. The van der Waals surface area contributed by atoms with Crippen LogP contribution in [0.4, 0.5) is 5.82 Å². The summed E-state index contributed by atoms with van der Waals surface area (Å²) in [5.41, 5.74) is 5.62. The Kier molecular flexibility index (Phi) is 2.68. The number of hydrogen-bond donors (Lipinski definition) is 2. The molecule has 0 aliphatic carbocycles. The van der Waals surface area contributed by atoms with Gasteiger partial charge in [0.1, 0.15) is 5.82 Å². The van der Waals surface area contributed by atoms with Gasteiger partial charge in [0.2, 0.25) is 6.79 Å². The van der Waals surface area contributed by atoms with Gasteiger partial charge in [-0.2, -0.15) is 0 Å². The Morgan fingerprint density at radius 3 is 2.94 bits per heavy atom. The fourth-order valence-corrected chi connectivity index (χ4v) is 1.97. The second-order valence-electron chi connectivity index (χ2n) is 4.37. The number of nitrogens with two attached hydrogens (primary N) is 1. The average Bonchev–Trinajstić information content (AvgIpc) is 2.83. The van der Waals surface area contributed by atoms with Gasteiger partial charge in [0.15, 0.2) is 11.5 Å². The van der Waals surface area contributed by atoms with E-state index in [9.17, 15) is 0 Å². The summed E-state index contributed by atoms with van der Waals surface area (Å²) in [7, 11) is 0. The SMILES string of the molecule is CC(CN)Nc1nccc2cc3c(cc12)OCO3. The summed E-state index contributed by atoms with van der Waals surface area (Å²) in [6.07, 6.45) is 1.77. The normalized spacial score (nSPS) is 14.8. The van der Waals surface area contributed by atoms with Crippen LogP contribution in [0.3, 0.4) is 0 Å². The number of aromatic nitrogens is 1. The van der Waals surface area contributed by atoms with Gasteiger partial charge in [-0.3, -0.25) is 0 Å². The number of benzene rings is 1. The standard InChI is InChI=1S/C13H15N3O2/c1-8(6-14)16-13-10-5-12-11(17-7-18-12)4-9(10)2-3-15-13/h2-5,8H,6-7,14H2,1H3,(H,15,16). The number of fused-ring (bicyclic) bond motifs is 2. The molecule has 0 fully saturated rings. The van der Waals surface area contributed by atoms with Crippen molar-refractivity contribution in [2.45, 2.75) is 13.0 Å². The molecule has 1 aliphatic heterocycles. The molecule has 0 radical (unpaired) electrons. The lowest BCUT2D eigenvalue weighted by Crippen LogP contribution is -2.25. The average molecular weight is 245 g/mol. The molecule has 1 atom stereocenters. The zero-order valence-corrected chi connectivity index (χ0v) is 10.1. The molecule has 5 heteroatoms. The summed E-state index contributed by atoms with van der Waals surface area (Å²) in [5, 5.41) is 5.38. The number of pyridine rings is 1. The van der Waals surface area contributed by atoms with Gasteiger partial charge in [0.25, 0.3) is 0 Å². The largest absolute Gasteiger partial charge is 0.454 e. The van der Waals surface area contributed by atoms with Crippen molar-refractivity contribution in [3.8, 4) is 11.5 Å². The van der Waals surface area contributed by atoms with Crippen molar-refractivity contribution in [2.24, 2.45) is 5.73 Å².